The van der Waals surface area contributed by atoms with Gasteiger partial charge in [0.05, 0.1) is 21.7 Å². The molecule has 7 heteroatoms. The van der Waals surface area contributed by atoms with Gasteiger partial charge < -0.3 is 14.8 Å². The summed E-state index contributed by atoms with van der Waals surface area (Å²) >= 11 is 17.5. The lowest BCUT2D eigenvalue weighted by atomic mass is 10.3. The molecular formula is C11H12Cl3NO3. The first-order valence-electron chi connectivity index (χ1n) is 5.07. The molecule has 1 amide bonds. The van der Waals surface area contributed by atoms with Gasteiger partial charge in [-0.25, -0.2) is 0 Å². The van der Waals surface area contributed by atoms with Crippen molar-refractivity contribution in [2.24, 2.45) is 0 Å². The highest BCUT2D eigenvalue weighted by atomic mass is 35.5. The quantitative estimate of drug-likeness (QED) is 0.649. The van der Waals surface area contributed by atoms with Crippen molar-refractivity contribution in [2.45, 2.75) is 0 Å². The first kappa shape index (κ1) is 15.4. The highest BCUT2D eigenvalue weighted by molar-refractivity contribution is 6.43. The van der Waals surface area contributed by atoms with Gasteiger partial charge in [0.15, 0.2) is 6.61 Å². The Morgan fingerprint density at radius 1 is 1.22 bits per heavy atom. The minimum absolute atomic E-state index is 0.151. The van der Waals surface area contributed by atoms with Gasteiger partial charge in [0.1, 0.15) is 5.75 Å². The number of ether oxygens (including phenoxy) is 2. The molecule has 0 aliphatic carbocycles. The Hall–Kier alpha value is -0.680. The number of carbonyl (C=O) groups is 1. The molecule has 0 heterocycles. The summed E-state index contributed by atoms with van der Waals surface area (Å²) in [6.45, 7) is 0.717. The fourth-order valence-corrected chi connectivity index (χ4v) is 1.69. The van der Waals surface area contributed by atoms with Crippen molar-refractivity contribution in [3.05, 3.63) is 27.2 Å². The lowest BCUT2D eigenvalue weighted by molar-refractivity contribution is -0.123. The molecule has 0 aliphatic heterocycles. The molecule has 100 valence electrons. The van der Waals surface area contributed by atoms with Crippen LogP contribution in [0.15, 0.2) is 12.1 Å². The van der Waals surface area contributed by atoms with Crippen LogP contribution >= 0.6 is 34.8 Å². The molecular weight excluding hydrogens is 300 g/mol. The summed E-state index contributed by atoms with van der Waals surface area (Å²) in [6, 6.07) is 2.93. The van der Waals surface area contributed by atoms with Crippen molar-refractivity contribution in [1.29, 1.82) is 0 Å². The predicted octanol–water partition coefficient (Wildman–Crippen LogP) is 2.79. The summed E-state index contributed by atoms with van der Waals surface area (Å²) in [6.07, 6.45) is 0. The average molecular weight is 313 g/mol. The maximum absolute atomic E-state index is 11.4. The zero-order valence-corrected chi connectivity index (χ0v) is 11.9. The van der Waals surface area contributed by atoms with Crippen LogP contribution in [0, 0.1) is 0 Å². The smallest absolute Gasteiger partial charge is 0.258 e. The van der Waals surface area contributed by atoms with Crippen molar-refractivity contribution in [2.75, 3.05) is 26.9 Å². The summed E-state index contributed by atoms with van der Waals surface area (Å²) in [4.78, 5) is 11.4. The number of halogens is 3. The maximum Gasteiger partial charge on any atom is 0.258 e. The first-order chi connectivity index (χ1) is 8.54. The molecule has 0 spiro atoms. The zero-order chi connectivity index (χ0) is 13.5. The number of methoxy groups -OCH3 is 1. The summed E-state index contributed by atoms with van der Waals surface area (Å²) in [5.41, 5.74) is 0. The van der Waals surface area contributed by atoms with Crippen LogP contribution in [0.2, 0.25) is 15.1 Å². The van der Waals surface area contributed by atoms with Crippen molar-refractivity contribution in [3.8, 4) is 5.75 Å². The van der Waals surface area contributed by atoms with E-state index in [9.17, 15) is 4.79 Å². The molecule has 0 aromatic heterocycles. The zero-order valence-electron chi connectivity index (χ0n) is 9.63. The maximum atomic E-state index is 11.4. The number of amides is 1. The summed E-state index contributed by atoms with van der Waals surface area (Å²) in [7, 11) is 1.55. The van der Waals surface area contributed by atoms with Crippen LogP contribution in [0.1, 0.15) is 0 Å². The van der Waals surface area contributed by atoms with Crippen LogP contribution in [0.5, 0.6) is 5.75 Å². The number of nitrogens with one attached hydrogen (secondary N) is 1. The molecule has 0 saturated carbocycles. The Balaban J connectivity index is 2.48. The molecule has 0 aliphatic rings. The highest BCUT2D eigenvalue weighted by Crippen LogP contribution is 2.33. The van der Waals surface area contributed by atoms with Crippen LogP contribution in [0.4, 0.5) is 0 Å². The average Bonchev–Trinajstić information content (AvgIpc) is 2.32. The molecule has 0 radical (unpaired) electrons. The molecule has 1 aromatic carbocycles. The molecule has 18 heavy (non-hydrogen) atoms. The van der Waals surface area contributed by atoms with Gasteiger partial charge in [0.2, 0.25) is 0 Å². The number of hydrogen-bond acceptors (Lipinski definition) is 3. The Morgan fingerprint density at radius 2 is 1.89 bits per heavy atom. The molecule has 0 bridgehead atoms. The van der Waals surface area contributed by atoms with Crippen LogP contribution < -0.4 is 10.1 Å². The van der Waals surface area contributed by atoms with E-state index in [1.807, 2.05) is 0 Å². The van der Waals surface area contributed by atoms with Gasteiger partial charge in [-0.2, -0.15) is 0 Å². The van der Waals surface area contributed by atoms with E-state index >= 15 is 0 Å². The van der Waals surface area contributed by atoms with Crippen molar-refractivity contribution in [3.63, 3.8) is 0 Å². The molecule has 0 fully saturated rings. The standard InChI is InChI=1S/C11H12Cl3NO3/c1-17-3-2-15-11(16)6-18-10-5-8(13)7(12)4-9(10)14/h4-5H,2-3,6H2,1H3,(H,15,16). The molecule has 4 nitrogen and oxygen atoms in total. The van der Waals surface area contributed by atoms with Crippen molar-refractivity contribution < 1.29 is 14.3 Å². The van der Waals surface area contributed by atoms with E-state index < -0.39 is 0 Å². The third-order valence-electron chi connectivity index (χ3n) is 1.96. The van der Waals surface area contributed by atoms with E-state index in [0.717, 1.165) is 0 Å². The monoisotopic (exact) mass is 311 g/mol. The SMILES string of the molecule is COCCNC(=O)COc1cc(Cl)c(Cl)cc1Cl. The van der Waals surface area contributed by atoms with Gasteiger partial charge >= 0.3 is 0 Å². The van der Waals surface area contributed by atoms with Gasteiger partial charge in [0.25, 0.3) is 5.91 Å². The summed E-state index contributed by atoms with van der Waals surface area (Å²) < 4.78 is 10.0. The minimum atomic E-state index is -0.269. The fourth-order valence-electron chi connectivity index (χ4n) is 1.10. The minimum Gasteiger partial charge on any atom is -0.482 e. The number of carbonyl (C=O) groups excluding carboxylic acids is 1. The second kappa shape index (κ2) is 7.69. The van der Waals surface area contributed by atoms with Gasteiger partial charge in [-0.05, 0) is 6.07 Å². The Kier molecular flexibility index (Phi) is 6.57. The van der Waals surface area contributed by atoms with Gasteiger partial charge in [-0.1, -0.05) is 34.8 Å². The number of benzene rings is 1. The van der Waals surface area contributed by atoms with Gasteiger partial charge in [-0.3, -0.25) is 4.79 Å². The van der Waals surface area contributed by atoms with E-state index in [4.69, 9.17) is 44.3 Å². The lowest BCUT2D eigenvalue weighted by Gasteiger charge is -2.09. The Morgan fingerprint density at radius 3 is 2.56 bits per heavy atom. The molecule has 1 N–H and O–H groups in total. The molecule has 1 rings (SSSR count). The summed E-state index contributed by atoms with van der Waals surface area (Å²) in [5.74, 6) is 0.0437. The van der Waals surface area contributed by atoms with E-state index in [-0.39, 0.29) is 12.5 Å². The predicted molar refractivity (Wildman–Crippen MR) is 71.9 cm³/mol. The molecule has 0 saturated heterocycles. The molecule has 0 unspecified atom stereocenters. The van der Waals surface area contributed by atoms with Crippen LogP contribution in [0.25, 0.3) is 0 Å². The number of hydrogen-bond donors (Lipinski definition) is 1. The third-order valence-corrected chi connectivity index (χ3v) is 2.98. The normalized spacial score (nSPS) is 10.2. The second-order valence-electron chi connectivity index (χ2n) is 3.33. The van der Waals surface area contributed by atoms with E-state index in [0.29, 0.717) is 34.0 Å². The van der Waals surface area contributed by atoms with Crippen molar-refractivity contribution in [1.82, 2.24) is 5.32 Å². The third kappa shape index (κ3) is 4.90. The van der Waals surface area contributed by atoms with Crippen LogP contribution in [-0.4, -0.2) is 32.8 Å². The highest BCUT2D eigenvalue weighted by Gasteiger charge is 2.09. The fraction of sp³-hybridized carbons (Fsp3) is 0.364. The van der Waals surface area contributed by atoms with E-state index in [2.05, 4.69) is 5.32 Å². The second-order valence-corrected chi connectivity index (χ2v) is 4.55. The molecule has 0 atom stereocenters. The number of rotatable bonds is 6. The lowest BCUT2D eigenvalue weighted by Crippen LogP contribution is -2.31. The summed E-state index contributed by atoms with van der Waals surface area (Å²) in [5, 5.41) is 3.56. The van der Waals surface area contributed by atoms with Crippen LogP contribution in [0.3, 0.4) is 0 Å². The molecule has 1 aromatic rings. The van der Waals surface area contributed by atoms with Gasteiger partial charge in [0, 0.05) is 19.7 Å². The Bertz CT molecular complexity index is 426. The largest absolute Gasteiger partial charge is 0.482 e. The van der Waals surface area contributed by atoms with Crippen LogP contribution in [-0.2, 0) is 9.53 Å². The Labute approximate surface area is 120 Å². The van der Waals surface area contributed by atoms with E-state index in [1.165, 1.54) is 12.1 Å². The van der Waals surface area contributed by atoms with E-state index in [1.54, 1.807) is 7.11 Å². The van der Waals surface area contributed by atoms with Crippen molar-refractivity contribution >= 4 is 40.7 Å². The first-order valence-corrected chi connectivity index (χ1v) is 6.21. The topological polar surface area (TPSA) is 47.6 Å². The van der Waals surface area contributed by atoms with Gasteiger partial charge in [-0.15, -0.1) is 0 Å².